The summed E-state index contributed by atoms with van der Waals surface area (Å²) in [5.41, 5.74) is 2.35. The number of rotatable bonds is 4. The largest absolute Gasteiger partial charge is 0.470 e. The molecule has 1 saturated heterocycles. The number of hydrogen-bond donors (Lipinski definition) is 0. The summed E-state index contributed by atoms with van der Waals surface area (Å²) in [6.07, 6.45) is 8.58. The van der Waals surface area contributed by atoms with Crippen molar-refractivity contribution in [2.24, 2.45) is 0 Å². The smallest absolute Gasteiger partial charge is 0.217 e. The molecule has 1 saturated carbocycles. The minimum Gasteiger partial charge on any atom is -0.470 e. The second kappa shape index (κ2) is 8.36. The summed E-state index contributed by atoms with van der Waals surface area (Å²) in [4.78, 5) is 11.6. The molecule has 0 amide bonds. The standard InChI is InChI=1S/C23H25N3O.ClH/c1-2-7-17(8-3-1)20-10-6-14-24-23(20)27-19-15-26(16-19)22-13-12-18-9-4-5-11-21(18)25-22;/h4-6,9-14,17,19H,1-3,7-8,15-16H2;1H. The van der Waals surface area contributed by atoms with E-state index in [2.05, 4.69) is 40.2 Å². The maximum Gasteiger partial charge on any atom is 0.217 e. The molecule has 0 unspecified atom stereocenters. The quantitative estimate of drug-likeness (QED) is 0.595. The van der Waals surface area contributed by atoms with Crippen LogP contribution in [0.4, 0.5) is 5.82 Å². The first-order chi connectivity index (χ1) is 13.4. The molecular formula is C23H26ClN3O. The van der Waals surface area contributed by atoms with Gasteiger partial charge in [-0.2, -0.15) is 0 Å². The average Bonchev–Trinajstić information content (AvgIpc) is 2.71. The van der Waals surface area contributed by atoms with Crippen molar-refractivity contribution in [3.05, 3.63) is 60.3 Å². The molecule has 1 aliphatic carbocycles. The fourth-order valence-corrected chi connectivity index (χ4v) is 4.32. The van der Waals surface area contributed by atoms with Crippen molar-refractivity contribution in [1.82, 2.24) is 9.97 Å². The third-order valence-electron chi connectivity index (χ3n) is 5.88. The molecule has 3 aromatic rings. The molecule has 2 fully saturated rings. The number of fused-ring (bicyclic) bond motifs is 1. The van der Waals surface area contributed by atoms with Gasteiger partial charge in [-0.1, -0.05) is 43.5 Å². The van der Waals surface area contributed by atoms with E-state index in [-0.39, 0.29) is 18.5 Å². The summed E-state index contributed by atoms with van der Waals surface area (Å²) in [5, 5.41) is 1.18. The van der Waals surface area contributed by atoms with Gasteiger partial charge in [-0.3, -0.25) is 0 Å². The molecule has 0 bridgehead atoms. The summed E-state index contributed by atoms with van der Waals surface area (Å²) in [7, 11) is 0. The third-order valence-corrected chi connectivity index (χ3v) is 5.88. The molecule has 2 aromatic heterocycles. The first kappa shape index (κ1) is 19.0. The van der Waals surface area contributed by atoms with Crippen LogP contribution in [-0.2, 0) is 0 Å². The molecule has 0 N–H and O–H groups in total. The van der Waals surface area contributed by atoms with Gasteiger partial charge in [-0.25, -0.2) is 9.97 Å². The highest BCUT2D eigenvalue weighted by molar-refractivity contribution is 5.85. The second-order valence-corrected chi connectivity index (χ2v) is 7.74. The van der Waals surface area contributed by atoms with Gasteiger partial charge in [-0.05, 0) is 43.0 Å². The number of nitrogens with zero attached hydrogens (tertiary/aromatic N) is 3. The second-order valence-electron chi connectivity index (χ2n) is 7.74. The van der Waals surface area contributed by atoms with Gasteiger partial charge in [0.1, 0.15) is 11.9 Å². The molecule has 3 heterocycles. The minimum absolute atomic E-state index is 0. The van der Waals surface area contributed by atoms with E-state index in [0.717, 1.165) is 30.3 Å². The zero-order chi connectivity index (χ0) is 18.1. The number of hydrogen-bond acceptors (Lipinski definition) is 4. The van der Waals surface area contributed by atoms with Crippen molar-refractivity contribution in [2.75, 3.05) is 18.0 Å². The molecule has 4 nitrogen and oxygen atoms in total. The summed E-state index contributed by atoms with van der Waals surface area (Å²) in [6.45, 7) is 1.73. The van der Waals surface area contributed by atoms with Crippen LogP contribution in [0.5, 0.6) is 5.88 Å². The highest BCUT2D eigenvalue weighted by Crippen LogP contribution is 2.37. The van der Waals surface area contributed by atoms with Gasteiger partial charge in [0, 0.05) is 17.1 Å². The minimum atomic E-state index is 0. The molecular weight excluding hydrogens is 370 g/mol. The predicted molar refractivity (Wildman–Crippen MR) is 116 cm³/mol. The van der Waals surface area contributed by atoms with E-state index in [1.54, 1.807) is 0 Å². The third kappa shape index (κ3) is 3.79. The summed E-state index contributed by atoms with van der Waals surface area (Å²) in [6, 6.07) is 16.8. The van der Waals surface area contributed by atoms with Crippen molar-refractivity contribution in [2.45, 2.75) is 44.1 Å². The highest BCUT2D eigenvalue weighted by Gasteiger charge is 2.31. The van der Waals surface area contributed by atoms with Gasteiger partial charge in [0.2, 0.25) is 5.88 Å². The van der Waals surface area contributed by atoms with Crippen molar-refractivity contribution in [1.29, 1.82) is 0 Å². The Hall–Kier alpha value is -2.33. The van der Waals surface area contributed by atoms with Gasteiger partial charge in [0.05, 0.1) is 18.6 Å². The maximum absolute atomic E-state index is 6.29. The van der Waals surface area contributed by atoms with E-state index in [0.29, 0.717) is 5.92 Å². The predicted octanol–water partition coefficient (Wildman–Crippen LogP) is 5.37. The van der Waals surface area contributed by atoms with E-state index in [4.69, 9.17) is 9.72 Å². The molecule has 1 aliphatic heterocycles. The Kier molecular flexibility index (Phi) is 5.67. The van der Waals surface area contributed by atoms with Gasteiger partial charge in [0.15, 0.2) is 0 Å². The number of para-hydroxylation sites is 1. The molecule has 146 valence electrons. The van der Waals surface area contributed by atoms with E-state index in [9.17, 15) is 0 Å². The van der Waals surface area contributed by atoms with Crippen LogP contribution in [0.1, 0.15) is 43.6 Å². The van der Waals surface area contributed by atoms with E-state index < -0.39 is 0 Å². The van der Waals surface area contributed by atoms with E-state index in [1.165, 1.54) is 43.1 Å². The van der Waals surface area contributed by atoms with Crippen LogP contribution >= 0.6 is 12.4 Å². The first-order valence-corrected chi connectivity index (χ1v) is 10.1. The van der Waals surface area contributed by atoms with Crippen molar-refractivity contribution in [3.63, 3.8) is 0 Å². The van der Waals surface area contributed by atoms with Gasteiger partial charge >= 0.3 is 0 Å². The fourth-order valence-electron chi connectivity index (χ4n) is 4.32. The van der Waals surface area contributed by atoms with E-state index >= 15 is 0 Å². The molecule has 5 heteroatoms. The van der Waals surface area contributed by atoms with Crippen molar-refractivity contribution >= 4 is 29.1 Å². The lowest BCUT2D eigenvalue weighted by molar-refractivity contribution is 0.157. The van der Waals surface area contributed by atoms with Crippen LogP contribution in [0.15, 0.2) is 54.7 Å². The fraction of sp³-hybridized carbons (Fsp3) is 0.391. The van der Waals surface area contributed by atoms with E-state index in [1.807, 2.05) is 24.4 Å². The SMILES string of the molecule is Cl.c1cnc(OC2CN(c3ccc4ccccc4n3)C2)c(C2CCCCC2)c1. The lowest BCUT2D eigenvalue weighted by Crippen LogP contribution is -2.54. The number of anilines is 1. The highest BCUT2D eigenvalue weighted by atomic mass is 35.5. The lowest BCUT2D eigenvalue weighted by atomic mass is 9.84. The molecule has 5 rings (SSSR count). The lowest BCUT2D eigenvalue weighted by Gasteiger charge is -2.40. The molecule has 0 radical (unpaired) electrons. The van der Waals surface area contributed by atoms with Crippen molar-refractivity contribution < 1.29 is 4.74 Å². The Morgan fingerprint density at radius 1 is 0.893 bits per heavy atom. The Labute approximate surface area is 172 Å². The zero-order valence-corrected chi connectivity index (χ0v) is 16.8. The topological polar surface area (TPSA) is 38.2 Å². The first-order valence-electron chi connectivity index (χ1n) is 10.1. The molecule has 0 atom stereocenters. The zero-order valence-electron chi connectivity index (χ0n) is 16.0. The van der Waals surface area contributed by atoms with Crippen LogP contribution in [0, 0.1) is 0 Å². The van der Waals surface area contributed by atoms with Gasteiger partial charge in [-0.15, -0.1) is 12.4 Å². The summed E-state index contributed by atoms with van der Waals surface area (Å²) < 4.78 is 6.29. The van der Waals surface area contributed by atoms with Crippen LogP contribution in [0.2, 0.25) is 0 Å². The maximum atomic E-state index is 6.29. The number of aromatic nitrogens is 2. The van der Waals surface area contributed by atoms with Crippen LogP contribution < -0.4 is 9.64 Å². The number of benzene rings is 1. The summed E-state index contributed by atoms with van der Waals surface area (Å²) >= 11 is 0. The van der Waals surface area contributed by atoms with Crippen LogP contribution in [0.25, 0.3) is 10.9 Å². The Morgan fingerprint density at radius 3 is 2.57 bits per heavy atom. The Balaban J connectivity index is 0.00000192. The molecule has 2 aliphatic rings. The number of halogens is 1. The molecule has 1 aromatic carbocycles. The van der Waals surface area contributed by atoms with Crippen LogP contribution in [-0.4, -0.2) is 29.2 Å². The van der Waals surface area contributed by atoms with Crippen molar-refractivity contribution in [3.8, 4) is 5.88 Å². The normalized spacial score (nSPS) is 17.8. The Morgan fingerprint density at radius 2 is 1.71 bits per heavy atom. The Bertz CT molecular complexity index is 936. The number of ether oxygens (including phenoxy) is 1. The number of pyridine rings is 2. The average molecular weight is 396 g/mol. The van der Waals surface area contributed by atoms with Crippen LogP contribution in [0.3, 0.4) is 0 Å². The summed E-state index contributed by atoms with van der Waals surface area (Å²) in [5.74, 6) is 2.49. The van der Waals surface area contributed by atoms with Gasteiger partial charge < -0.3 is 9.64 Å². The van der Waals surface area contributed by atoms with Gasteiger partial charge in [0.25, 0.3) is 0 Å². The molecule has 0 spiro atoms. The molecule has 28 heavy (non-hydrogen) atoms. The monoisotopic (exact) mass is 395 g/mol.